The summed E-state index contributed by atoms with van der Waals surface area (Å²) in [5.41, 5.74) is 0. The van der Waals surface area contributed by atoms with Crippen molar-refractivity contribution in [1.29, 1.82) is 0 Å². The van der Waals surface area contributed by atoms with Gasteiger partial charge in [0.1, 0.15) is 0 Å². The molecule has 6 heteroatoms. The van der Waals surface area contributed by atoms with E-state index in [0.717, 1.165) is 57.8 Å². The lowest BCUT2D eigenvalue weighted by Gasteiger charge is -2.20. The number of aliphatic hydroxyl groups is 2. The monoisotopic (exact) mass is 916 g/mol. The van der Waals surface area contributed by atoms with Gasteiger partial charge in [-0.25, -0.2) is 0 Å². The van der Waals surface area contributed by atoms with Gasteiger partial charge in [-0.1, -0.05) is 269 Å². The summed E-state index contributed by atoms with van der Waals surface area (Å²) >= 11 is 0. The van der Waals surface area contributed by atoms with Crippen LogP contribution in [0.4, 0.5) is 0 Å². The Balaban J connectivity index is 3.47. The Morgan fingerprint density at radius 3 is 1.09 bits per heavy atom. The molecule has 0 aliphatic carbocycles. The molecule has 6 nitrogen and oxygen atoms in total. The molecule has 0 aromatic carbocycles. The van der Waals surface area contributed by atoms with Crippen molar-refractivity contribution in [1.82, 2.24) is 5.32 Å². The Bertz CT molecular complexity index is 1010. The van der Waals surface area contributed by atoms with Gasteiger partial charge in [-0.2, -0.15) is 0 Å². The number of carbonyl (C=O) groups is 2. The van der Waals surface area contributed by atoms with E-state index in [9.17, 15) is 19.8 Å². The first-order valence-electron chi connectivity index (χ1n) is 29.1. The highest BCUT2D eigenvalue weighted by Gasteiger charge is 2.18. The molecule has 0 saturated heterocycles. The zero-order valence-corrected chi connectivity index (χ0v) is 43.7. The lowest BCUT2D eigenvalue weighted by Crippen LogP contribution is -2.45. The van der Waals surface area contributed by atoms with Crippen molar-refractivity contribution in [2.24, 2.45) is 0 Å². The number of ether oxygens (including phenoxy) is 1. The maximum Gasteiger partial charge on any atom is 0.305 e. The van der Waals surface area contributed by atoms with Crippen molar-refractivity contribution in [2.75, 3.05) is 13.2 Å². The van der Waals surface area contributed by atoms with Gasteiger partial charge in [0.2, 0.25) is 5.91 Å². The first kappa shape index (κ1) is 63.3. The van der Waals surface area contributed by atoms with E-state index in [0.29, 0.717) is 19.4 Å². The van der Waals surface area contributed by atoms with E-state index in [1.807, 2.05) is 6.08 Å². The van der Waals surface area contributed by atoms with Gasteiger partial charge in [0, 0.05) is 12.8 Å². The molecule has 0 saturated carbocycles. The van der Waals surface area contributed by atoms with Crippen LogP contribution in [0, 0.1) is 0 Å². The third-order valence-electron chi connectivity index (χ3n) is 13.5. The van der Waals surface area contributed by atoms with Crippen molar-refractivity contribution < 1.29 is 24.5 Å². The van der Waals surface area contributed by atoms with E-state index in [4.69, 9.17) is 4.74 Å². The fourth-order valence-corrected chi connectivity index (χ4v) is 8.98. The number of aliphatic hydroxyl groups excluding tert-OH is 2. The molecular formula is C59H113NO5. The first-order valence-corrected chi connectivity index (χ1v) is 29.1. The lowest BCUT2D eigenvalue weighted by molar-refractivity contribution is -0.143. The van der Waals surface area contributed by atoms with E-state index in [2.05, 4.69) is 31.3 Å². The summed E-state index contributed by atoms with van der Waals surface area (Å²) in [6.45, 7) is 4.89. The van der Waals surface area contributed by atoms with Crippen LogP contribution in [0.2, 0.25) is 0 Å². The lowest BCUT2D eigenvalue weighted by atomic mass is 10.0. The molecule has 0 fully saturated rings. The SMILES string of the molecule is CCCCCCCCC/C=C\CCCCCCCC(=O)OCCCCCCCCCCCCCCCCC(=O)NC(CO)C(O)/C=C/CCCCCCCCCCCCCCCCCC. The predicted octanol–water partition coefficient (Wildman–Crippen LogP) is 17.9. The van der Waals surface area contributed by atoms with E-state index in [1.165, 1.54) is 231 Å². The van der Waals surface area contributed by atoms with Gasteiger partial charge in [-0.15, -0.1) is 0 Å². The molecule has 0 aromatic rings. The number of amides is 1. The molecule has 0 bridgehead atoms. The number of hydrogen-bond donors (Lipinski definition) is 3. The number of rotatable bonds is 54. The fourth-order valence-electron chi connectivity index (χ4n) is 8.98. The van der Waals surface area contributed by atoms with Gasteiger partial charge < -0.3 is 20.3 Å². The second-order valence-electron chi connectivity index (χ2n) is 20.0. The number of allylic oxidation sites excluding steroid dienone is 3. The smallest absolute Gasteiger partial charge is 0.305 e. The molecule has 65 heavy (non-hydrogen) atoms. The number of carbonyl (C=O) groups excluding carboxylic acids is 2. The topological polar surface area (TPSA) is 95.9 Å². The van der Waals surface area contributed by atoms with E-state index in [-0.39, 0.29) is 18.5 Å². The molecule has 0 aliphatic heterocycles. The Hall–Kier alpha value is -1.66. The molecule has 2 unspecified atom stereocenters. The summed E-state index contributed by atoms with van der Waals surface area (Å²) in [4.78, 5) is 24.5. The molecule has 1 amide bonds. The standard InChI is InChI=1S/C59H113NO5/c1-3-5-7-9-11-13-15-17-19-21-22-23-27-31-35-39-43-47-51-57(62)56(55-61)60-58(63)52-48-44-40-36-32-28-25-26-30-34-38-42-46-50-54-65-59(64)53-49-45-41-37-33-29-24-20-18-16-14-12-10-8-6-4-2/h20,24,47,51,56-57,61-62H,3-19,21-23,25-46,48-50,52-55H2,1-2H3,(H,60,63)/b24-20-,51-47+. The third-order valence-corrected chi connectivity index (χ3v) is 13.5. The minimum Gasteiger partial charge on any atom is -0.466 e. The summed E-state index contributed by atoms with van der Waals surface area (Å²) in [6.07, 6.45) is 66.2. The molecule has 2 atom stereocenters. The van der Waals surface area contributed by atoms with Crippen molar-refractivity contribution in [3.8, 4) is 0 Å². The third kappa shape index (κ3) is 51.6. The van der Waals surface area contributed by atoms with Crippen molar-refractivity contribution >= 4 is 11.9 Å². The van der Waals surface area contributed by atoms with Gasteiger partial charge in [-0.3, -0.25) is 9.59 Å². The molecule has 0 aliphatic rings. The largest absolute Gasteiger partial charge is 0.466 e. The number of nitrogens with one attached hydrogen (secondary N) is 1. The summed E-state index contributed by atoms with van der Waals surface area (Å²) in [5, 5.41) is 23.1. The van der Waals surface area contributed by atoms with Crippen molar-refractivity contribution in [3.05, 3.63) is 24.3 Å². The van der Waals surface area contributed by atoms with Crippen LogP contribution in [0.5, 0.6) is 0 Å². The van der Waals surface area contributed by atoms with E-state index >= 15 is 0 Å². The normalized spacial score (nSPS) is 12.7. The number of unbranched alkanes of at least 4 members (excludes halogenated alkanes) is 41. The quantitative estimate of drug-likeness (QED) is 0.0321. The fraction of sp³-hybridized carbons (Fsp3) is 0.898. The average molecular weight is 917 g/mol. The zero-order valence-electron chi connectivity index (χ0n) is 43.7. The highest BCUT2D eigenvalue weighted by Crippen LogP contribution is 2.17. The number of esters is 1. The van der Waals surface area contributed by atoms with Crippen molar-refractivity contribution in [3.63, 3.8) is 0 Å². The Morgan fingerprint density at radius 1 is 0.415 bits per heavy atom. The zero-order chi connectivity index (χ0) is 47.2. The van der Waals surface area contributed by atoms with Crippen LogP contribution < -0.4 is 5.32 Å². The first-order chi connectivity index (χ1) is 32.0. The Kier molecular flexibility index (Phi) is 53.5. The number of hydrogen-bond acceptors (Lipinski definition) is 5. The minimum absolute atomic E-state index is 0.0104. The van der Waals surface area contributed by atoms with Crippen LogP contribution in [-0.2, 0) is 14.3 Å². The van der Waals surface area contributed by atoms with Crippen LogP contribution in [0.1, 0.15) is 316 Å². The highest BCUT2D eigenvalue weighted by molar-refractivity contribution is 5.76. The second-order valence-corrected chi connectivity index (χ2v) is 20.0. The summed E-state index contributed by atoms with van der Waals surface area (Å²) in [7, 11) is 0. The summed E-state index contributed by atoms with van der Waals surface area (Å²) in [6, 6.07) is -0.636. The maximum absolute atomic E-state index is 12.5. The van der Waals surface area contributed by atoms with Gasteiger partial charge in [0.25, 0.3) is 0 Å². The molecule has 3 N–H and O–H groups in total. The molecule has 384 valence electrons. The highest BCUT2D eigenvalue weighted by atomic mass is 16.5. The molecule has 0 heterocycles. The molecule has 0 rings (SSSR count). The summed E-state index contributed by atoms with van der Waals surface area (Å²) in [5.74, 6) is -0.0871. The van der Waals surface area contributed by atoms with Gasteiger partial charge in [-0.05, 0) is 57.8 Å². The average Bonchev–Trinajstić information content (AvgIpc) is 3.31. The van der Waals surface area contributed by atoms with Crippen LogP contribution in [0.25, 0.3) is 0 Å². The minimum atomic E-state index is -0.852. The molecule has 0 spiro atoms. The van der Waals surface area contributed by atoms with E-state index < -0.39 is 12.1 Å². The molecule has 0 aromatic heterocycles. The predicted molar refractivity (Wildman–Crippen MR) is 283 cm³/mol. The van der Waals surface area contributed by atoms with Gasteiger partial charge >= 0.3 is 5.97 Å². The molecular weight excluding hydrogens is 803 g/mol. The van der Waals surface area contributed by atoms with Crippen LogP contribution in [0.3, 0.4) is 0 Å². The van der Waals surface area contributed by atoms with Gasteiger partial charge in [0.15, 0.2) is 0 Å². The Labute approximate surface area is 405 Å². The van der Waals surface area contributed by atoms with Crippen LogP contribution >= 0.6 is 0 Å². The van der Waals surface area contributed by atoms with Crippen LogP contribution in [0.15, 0.2) is 24.3 Å². The second kappa shape index (κ2) is 54.9. The Morgan fingerprint density at radius 2 is 0.723 bits per heavy atom. The summed E-state index contributed by atoms with van der Waals surface area (Å²) < 4.78 is 5.47. The maximum atomic E-state index is 12.5. The van der Waals surface area contributed by atoms with E-state index in [1.54, 1.807) is 6.08 Å². The van der Waals surface area contributed by atoms with Crippen LogP contribution in [-0.4, -0.2) is 47.4 Å². The molecule has 0 radical (unpaired) electrons. The van der Waals surface area contributed by atoms with Crippen molar-refractivity contribution in [2.45, 2.75) is 328 Å². The van der Waals surface area contributed by atoms with Gasteiger partial charge in [0.05, 0.1) is 25.4 Å².